The molecule has 6 nitrogen and oxygen atoms in total. The summed E-state index contributed by atoms with van der Waals surface area (Å²) in [5, 5.41) is 1.99. The highest BCUT2D eigenvalue weighted by atomic mass is 16.5. The molecule has 0 N–H and O–H groups in total. The molecule has 0 radical (unpaired) electrons. The molecular formula is C38H28N2O4. The van der Waals surface area contributed by atoms with Gasteiger partial charge in [0.2, 0.25) is 0 Å². The number of ether oxygens (including phenoxy) is 2. The number of hydrogen-bond donors (Lipinski definition) is 0. The third kappa shape index (κ3) is 3.67. The first-order valence-electron chi connectivity index (χ1n) is 14.7. The molecule has 214 valence electrons. The number of rotatable bonds is 7. The molecule has 4 aromatic carbocycles. The Hall–Kier alpha value is -5.36. The molecule has 2 aromatic heterocycles. The van der Waals surface area contributed by atoms with Gasteiger partial charge in [-0.25, -0.2) is 9.97 Å². The summed E-state index contributed by atoms with van der Waals surface area (Å²) in [5.41, 5.74) is 7.80. The normalized spacial score (nSPS) is 19.2. The second-order valence-corrected chi connectivity index (χ2v) is 11.7. The lowest BCUT2D eigenvalue weighted by atomic mass is 9.61. The summed E-state index contributed by atoms with van der Waals surface area (Å²) in [4.78, 5) is 35.7. The maximum Gasteiger partial charge on any atom is 0.306 e. The van der Waals surface area contributed by atoms with Crippen LogP contribution in [0.15, 0.2) is 109 Å². The van der Waals surface area contributed by atoms with Gasteiger partial charge in [0.1, 0.15) is 6.61 Å². The fraction of sp³-hybridized carbons (Fsp3) is 0.158. The Bertz CT molecular complexity index is 2140. The van der Waals surface area contributed by atoms with Gasteiger partial charge in [-0.1, -0.05) is 84.9 Å². The molecule has 6 heteroatoms. The lowest BCUT2D eigenvalue weighted by Gasteiger charge is -2.41. The third-order valence-corrected chi connectivity index (χ3v) is 9.55. The molecule has 2 aliphatic rings. The Labute approximate surface area is 254 Å². The van der Waals surface area contributed by atoms with Crippen LogP contribution in [0.1, 0.15) is 35.1 Å². The van der Waals surface area contributed by atoms with Crippen molar-refractivity contribution in [2.75, 3.05) is 13.7 Å². The van der Waals surface area contributed by atoms with Gasteiger partial charge < -0.3 is 9.47 Å². The predicted molar refractivity (Wildman–Crippen MR) is 169 cm³/mol. The van der Waals surface area contributed by atoms with E-state index in [2.05, 4.69) is 48.5 Å². The zero-order valence-electron chi connectivity index (χ0n) is 24.1. The Kier molecular flexibility index (Phi) is 5.88. The molecule has 44 heavy (non-hydrogen) atoms. The van der Waals surface area contributed by atoms with Crippen molar-refractivity contribution in [2.24, 2.45) is 0 Å². The predicted octanol–water partition coefficient (Wildman–Crippen LogP) is 7.14. The van der Waals surface area contributed by atoms with E-state index in [0.717, 1.165) is 66.6 Å². The number of nitrogens with zero attached hydrogens (tertiary/aromatic N) is 2. The van der Waals surface area contributed by atoms with Crippen LogP contribution in [0.4, 0.5) is 0 Å². The average molecular weight is 577 g/mol. The second kappa shape index (κ2) is 9.85. The second-order valence-electron chi connectivity index (χ2n) is 11.7. The van der Waals surface area contributed by atoms with Gasteiger partial charge in [0.25, 0.3) is 6.47 Å². The number of hydrogen-bond acceptors (Lipinski definition) is 6. The number of pyridine rings is 2. The number of para-hydroxylation sites is 2. The molecule has 2 atom stereocenters. The standard InChI is InChI=1S/C38H28N2O4/c1-43-34(42)20-37(28-14-6-4-12-26(28)35-30(37)18-24-10-2-8-16-32(24)39-35)21-38(22-44-23-41)29-15-7-5-13-27(29)36-31(38)19-25-11-3-9-17-33(25)40-36/h2-19,23H,20-22H2,1H3. The van der Waals surface area contributed by atoms with E-state index < -0.39 is 10.8 Å². The molecular weight excluding hydrogens is 548 g/mol. The Balaban J connectivity index is 1.46. The van der Waals surface area contributed by atoms with Gasteiger partial charge >= 0.3 is 5.97 Å². The van der Waals surface area contributed by atoms with Crippen molar-refractivity contribution < 1.29 is 19.1 Å². The number of carbonyl (C=O) groups is 2. The van der Waals surface area contributed by atoms with Crippen LogP contribution in [0.2, 0.25) is 0 Å². The van der Waals surface area contributed by atoms with Crippen LogP contribution in [-0.2, 0) is 29.9 Å². The minimum Gasteiger partial charge on any atom is -0.469 e. The Morgan fingerprint density at radius 1 is 0.682 bits per heavy atom. The summed E-state index contributed by atoms with van der Waals surface area (Å²) < 4.78 is 11.1. The van der Waals surface area contributed by atoms with E-state index in [1.165, 1.54) is 7.11 Å². The summed E-state index contributed by atoms with van der Waals surface area (Å²) in [7, 11) is 1.43. The van der Waals surface area contributed by atoms with Crippen LogP contribution < -0.4 is 0 Å². The smallest absolute Gasteiger partial charge is 0.306 e. The first-order valence-corrected chi connectivity index (χ1v) is 14.7. The molecule has 8 rings (SSSR count). The van der Waals surface area contributed by atoms with Crippen molar-refractivity contribution in [2.45, 2.75) is 23.7 Å². The van der Waals surface area contributed by atoms with Crippen molar-refractivity contribution in [3.63, 3.8) is 0 Å². The topological polar surface area (TPSA) is 78.4 Å². The van der Waals surface area contributed by atoms with Crippen molar-refractivity contribution >= 4 is 34.2 Å². The summed E-state index contributed by atoms with van der Waals surface area (Å²) >= 11 is 0. The van der Waals surface area contributed by atoms with Gasteiger partial charge in [-0.3, -0.25) is 9.59 Å². The maximum atomic E-state index is 13.5. The molecule has 0 saturated carbocycles. The SMILES string of the molecule is COC(=O)CC1(CC2(COC=O)c3ccccc3-c3nc4ccccc4cc32)c2ccccc2-c2nc3ccccc3cc21. The summed E-state index contributed by atoms with van der Waals surface area (Å²) in [5.74, 6) is -0.324. The van der Waals surface area contributed by atoms with E-state index in [9.17, 15) is 9.59 Å². The van der Waals surface area contributed by atoms with Gasteiger partial charge in [0.05, 0.1) is 41.4 Å². The monoisotopic (exact) mass is 576 g/mol. The fourth-order valence-electron chi connectivity index (χ4n) is 7.73. The lowest BCUT2D eigenvalue weighted by molar-refractivity contribution is -0.142. The number of carbonyl (C=O) groups excluding carboxylic acids is 2. The molecule has 0 aliphatic heterocycles. The van der Waals surface area contributed by atoms with Gasteiger partial charge in [-0.2, -0.15) is 0 Å². The van der Waals surface area contributed by atoms with E-state index >= 15 is 0 Å². The summed E-state index contributed by atoms with van der Waals surface area (Å²) in [6.07, 6.45) is 0.520. The molecule has 0 spiro atoms. The van der Waals surface area contributed by atoms with Gasteiger partial charge in [-0.05, 0) is 52.9 Å². The van der Waals surface area contributed by atoms with Crippen molar-refractivity contribution in [3.05, 3.63) is 131 Å². The highest BCUT2D eigenvalue weighted by Crippen LogP contribution is 2.60. The number of esters is 1. The molecule has 2 heterocycles. The molecule has 2 aliphatic carbocycles. The third-order valence-electron chi connectivity index (χ3n) is 9.55. The molecule has 0 amide bonds. The Morgan fingerprint density at radius 2 is 1.18 bits per heavy atom. The van der Waals surface area contributed by atoms with Crippen LogP contribution in [0.3, 0.4) is 0 Å². The summed E-state index contributed by atoms with van der Waals surface area (Å²) in [6, 6.07) is 36.9. The minimum absolute atomic E-state index is 0.0853. The number of benzene rings is 4. The molecule has 6 aromatic rings. The van der Waals surface area contributed by atoms with Crippen LogP contribution in [0.5, 0.6) is 0 Å². The zero-order chi connectivity index (χ0) is 29.9. The number of fused-ring (bicyclic) bond motifs is 8. The fourth-order valence-corrected chi connectivity index (χ4v) is 7.73. The van der Waals surface area contributed by atoms with E-state index in [0.29, 0.717) is 12.9 Å². The summed E-state index contributed by atoms with van der Waals surface area (Å²) in [6.45, 7) is 0.595. The molecule has 0 saturated heterocycles. The van der Waals surface area contributed by atoms with Gasteiger partial charge in [0.15, 0.2) is 0 Å². The first-order chi connectivity index (χ1) is 21.6. The van der Waals surface area contributed by atoms with E-state index in [1.807, 2.05) is 60.7 Å². The highest BCUT2D eigenvalue weighted by Gasteiger charge is 2.55. The number of methoxy groups -OCH3 is 1. The van der Waals surface area contributed by atoms with Crippen LogP contribution in [0.25, 0.3) is 44.3 Å². The van der Waals surface area contributed by atoms with E-state index in [1.54, 1.807) is 0 Å². The number of aromatic nitrogens is 2. The van der Waals surface area contributed by atoms with E-state index in [4.69, 9.17) is 19.4 Å². The minimum atomic E-state index is -0.845. The molecule has 0 fully saturated rings. The largest absolute Gasteiger partial charge is 0.469 e. The van der Waals surface area contributed by atoms with Crippen molar-refractivity contribution in [1.29, 1.82) is 0 Å². The van der Waals surface area contributed by atoms with Crippen molar-refractivity contribution in [1.82, 2.24) is 9.97 Å². The average Bonchev–Trinajstić information content (AvgIpc) is 3.48. The zero-order valence-corrected chi connectivity index (χ0v) is 24.1. The van der Waals surface area contributed by atoms with Crippen LogP contribution in [-0.4, -0.2) is 36.1 Å². The Morgan fingerprint density at radius 3 is 1.75 bits per heavy atom. The van der Waals surface area contributed by atoms with Gasteiger partial charge in [-0.15, -0.1) is 0 Å². The van der Waals surface area contributed by atoms with Crippen LogP contribution in [0, 0.1) is 0 Å². The van der Waals surface area contributed by atoms with Crippen LogP contribution >= 0.6 is 0 Å². The molecule has 2 unspecified atom stereocenters. The lowest BCUT2D eigenvalue weighted by Crippen LogP contribution is -2.42. The first kappa shape index (κ1) is 26.3. The van der Waals surface area contributed by atoms with Gasteiger partial charge in [0, 0.05) is 27.3 Å². The highest BCUT2D eigenvalue weighted by molar-refractivity contribution is 5.92. The van der Waals surface area contributed by atoms with E-state index in [-0.39, 0.29) is 19.0 Å². The van der Waals surface area contributed by atoms with Crippen molar-refractivity contribution in [3.8, 4) is 22.5 Å². The maximum absolute atomic E-state index is 13.5. The molecule has 0 bridgehead atoms. The quantitative estimate of drug-likeness (QED) is 0.148.